The maximum atomic E-state index is 12.1. The Bertz CT molecular complexity index is 476. The zero-order valence-electron chi connectivity index (χ0n) is 12.5. The molecule has 0 aromatic carbocycles. The van der Waals surface area contributed by atoms with Gasteiger partial charge in [-0.25, -0.2) is 0 Å². The highest BCUT2D eigenvalue weighted by Crippen LogP contribution is 2.32. The summed E-state index contributed by atoms with van der Waals surface area (Å²) in [5.41, 5.74) is 0. The van der Waals surface area contributed by atoms with Crippen molar-refractivity contribution >= 4 is 11.7 Å². The SMILES string of the molecule is COCCn1ccc(NC(=O)CC2CC3CCC(C2)N3)n1. The van der Waals surface area contributed by atoms with Crippen molar-refractivity contribution in [2.24, 2.45) is 5.92 Å². The summed E-state index contributed by atoms with van der Waals surface area (Å²) >= 11 is 0. The first-order valence-corrected chi connectivity index (χ1v) is 7.81. The van der Waals surface area contributed by atoms with Crippen molar-refractivity contribution in [3.8, 4) is 0 Å². The number of hydrogen-bond acceptors (Lipinski definition) is 4. The Balaban J connectivity index is 1.46. The zero-order chi connectivity index (χ0) is 14.7. The summed E-state index contributed by atoms with van der Waals surface area (Å²) in [5.74, 6) is 1.23. The Labute approximate surface area is 125 Å². The average Bonchev–Trinajstić information content (AvgIpc) is 3.03. The molecule has 1 aromatic heterocycles. The predicted molar refractivity (Wildman–Crippen MR) is 80.0 cm³/mol. The number of aromatic nitrogens is 2. The number of methoxy groups -OCH3 is 1. The van der Waals surface area contributed by atoms with Crippen LogP contribution in [-0.2, 0) is 16.1 Å². The van der Waals surface area contributed by atoms with Crippen LogP contribution in [-0.4, -0.2) is 41.5 Å². The van der Waals surface area contributed by atoms with E-state index in [1.807, 2.05) is 12.3 Å². The Morgan fingerprint density at radius 3 is 2.95 bits per heavy atom. The van der Waals surface area contributed by atoms with Gasteiger partial charge < -0.3 is 15.4 Å². The van der Waals surface area contributed by atoms with Crippen LogP contribution < -0.4 is 10.6 Å². The number of amides is 1. The molecule has 3 rings (SSSR count). The first-order chi connectivity index (χ1) is 10.2. The summed E-state index contributed by atoms with van der Waals surface area (Å²) in [6, 6.07) is 3.10. The molecule has 2 atom stereocenters. The fourth-order valence-corrected chi connectivity index (χ4v) is 3.54. The third-order valence-corrected chi connectivity index (χ3v) is 4.48. The highest BCUT2D eigenvalue weighted by Gasteiger charge is 2.34. The number of carbonyl (C=O) groups is 1. The van der Waals surface area contributed by atoms with Crippen LogP contribution >= 0.6 is 0 Å². The van der Waals surface area contributed by atoms with Crippen LogP contribution in [0.5, 0.6) is 0 Å². The van der Waals surface area contributed by atoms with E-state index in [9.17, 15) is 4.79 Å². The molecule has 0 spiro atoms. The van der Waals surface area contributed by atoms with Crippen molar-refractivity contribution in [1.29, 1.82) is 0 Å². The van der Waals surface area contributed by atoms with Crippen LogP contribution in [0.1, 0.15) is 32.1 Å². The lowest BCUT2D eigenvalue weighted by Crippen LogP contribution is -2.39. The summed E-state index contributed by atoms with van der Waals surface area (Å²) in [6.07, 6.45) is 7.27. The van der Waals surface area contributed by atoms with Gasteiger partial charge in [-0.05, 0) is 31.6 Å². The lowest BCUT2D eigenvalue weighted by molar-refractivity contribution is -0.117. The lowest BCUT2D eigenvalue weighted by atomic mass is 9.89. The minimum absolute atomic E-state index is 0.0818. The van der Waals surface area contributed by atoms with Gasteiger partial charge in [0.05, 0.1) is 13.2 Å². The number of nitrogens with one attached hydrogen (secondary N) is 2. The molecule has 21 heavy (non-hydrogen) atoms. The number of hydrogen-bond donors (Lipinski definition) is 2. The minimum Gasteiger partial charge on any atom is -0.383 e. The van der Waals surface area contributed by atoms with Crippen LogP contribution in [0.4, 0.5) is 5.82 Å². The van der Waals surface area contributed by atoms with E-state index < -0.39 is 0 Å². The van der Waals surface area contributed by atoms with Crippen molar-refractivity contribution < 1.29 is 9.53 Å². The van der Waals surface area contributed by atoms with Gasteiger partial charge >= 0.3 is 0 Å². The minimum atomic E-state index is 0.0818. The molecule has 2 aliphatic heterocycles. The Hall–Kier alpha value is -1.40. The monoisotopic (exact) mass is 292 g/mol. The van der Waals surface area contributed by atoms with E-state index in [2.05, 4.69) is 15.7 Å². The van der Waals surface area contributed by atoms with E-state index in [4.69, 9.17) is 4.74 Å². The highest BCUT2D eigenvalue weighted by molar-refractivity contribution is 5.89. The summed E-state index contributed by atoms with van der Waals surface area (Å²) in [5, 5.41) is 10.8. The van der Waals surface area contributed by atoms with Crippen LogP contribution in [0.25, 0.3) is 0 Å². The molecule has 3 heterocycles. The van der Waals surface area contributed by atoms with E-state index in [1.165, 1.54) is 12.8 Å². The number of nitrogens with zero attached hydrogens (tertiary/aromatic N) is 2. The Kier molecular flexibility index (Phi) is 4.55. The molecule has 6 nitrogen and oxygen atoms in total. The fraction of sp³-hybridized carbons (Fsp3) is 0.733. The van der Waals surface area contributed by atoms with Crippen LogP contribution in [0.2, 0.25) is 0 Å². The highest BCUT2D eigenvalue weighted by atomic mass is 16.5. The van der Waals surface area contributed by atoms with Crippen LogP contribution in [0.3, 0.4) is 0 Å². The lowest BCUT2D eigenvalue weighted by Gasteiger charge is -2.28. The molecule has 0 saturated carbocycles. The van der Waals surface area contributed by atoms with Crippen LogP contribution in [0.15, 0.2) is 12.3 Å². The normalized spacial score (nSPS) is 27.8. The summed E-state index contributed by atoms with van der Waals surface area (Å²) in [4.78, 5) is 12.1. The molecule has 116 valence electrons. The van der Waals surface area contributed by atoms with E-state index in [0.717, 1.165) is 12.8 Å². The number of rotatable bonds is 6. The second kappa shape index (κ2) is 6.58. The topological polar surface area (TPSA) is 68.2 Å². The second-order valence-electron chi connectivity index (χ2n) is 6.18. The fourth-order valence-electron chi connectivity index (χ4n) is 3.54. The first kappa shape index (κ1) is 14.5. The largest absolute Gasteiger partial charge is 0.383 e. The molecule has 6 heteroatoms. The number of carbonyl (C=O) groups excluding carboxylic acids is 1. The van der Waals surface area contributed by atoms with Gasteiger partial charge in [0.15, 0.2) is 5.82 Å². The number of ether oxygens (including phenoxy) is 1. The van der Waals surface area contributed by atoms with E-state index in [0.29, 0.717) is 43.4 Å². The molecule has 2 bridgehead atoms. The van der Waals surface area contributed by atoms with Gasteiger partial charge in [0.1, 0.15) is 0 Å². The summed E-state index contributed by atoms with van der Waals surface area (Å²) < 4.78 is 6.79. The zero-order valence-corrected chi connectivity index (χ0v) is 12.5. The third-order valence-electron chi connectivity index (χ3n) is 4.48. The van der Waals surface area contributed by atoms with E-state index in [-0.39, 0.29) is 5.91 Å². The van der Waals surface area contributed by atoms with Crippen molar-refractivity contribution in [2.75, 3.05) is 19.0 Å². The number of anilines is 1. The molecule has 0 radical (unpaired) electrons. The van der Waals surface area contributed by atoms with Gasteiger partial charge in [-0.3, -0.25) is 9.48 Å². The van der Waals surface area contributed by atoms with E-state index in [1.54, 1.807) is 11.8 Å². The maximum absolute atomic E-state index is 12.1. The van der Waals surface area contributed by atoms with Crippen molar-refractivity contribution in [2.45, 2.75) is 50.7 Å². The van der Waals surface area contributed by atoms with Crippen molar-refractivity contribution in [3.05, 3.63) is 12.3 Å². The van der Waals surface area contributed by atoms with Gasteiger partial charge in [0, 0.05) is 37.9 Å². The Morgan fingerprint density at radius 1 is 1.48 bits per heavy atom. The molecule has 2 fully saturated rings. The molecule has 2 saturated heterocycles. The maximum Gasteiger partial charge on any atom is 0.225 e. The molecule has 2 unspecified atom stereocenters. The number of piperidine rings is 1. The van der Waals surface area contributed by atoms with Gasteiger partial charge in [0.25, 0.3) is 0 Å². The molecule has 2 N–H and O–H groups in total. The molecular formula is C15H24N4O2. The van der Waals surface area contributed by atoms with Crippen molar-refractivity contribution in [3.63, 3.8) is 0 Å². The molecule has 1 aromatic rings. The van der Waals surface area contributed by atoms with Gasteiger partial charge in [-0.15, -0.1) is 0 Å². The summed E-state index contributed by atoms with van der Waals surface area (Å²) in [6.45, 7) is 1.32. The molecular weight excluding hydrogens is 268 g/mol. The van der Waals surface area contributed by atoms with Crippen molar-refractivity contribution in [1.82, 2.24) is 15.1 Å². The quantitative estimate of drug-likeness (QED) is 0.831. The molecule has 0 aliphatic carbocycles. The smallest absolute Gasteiger partial charge is 0.225 e. The summed E-state index contributed by atoms with van der Waals surface area (Å²) in [7, 11) is 1.67. The Morgan fingerprint density at radius 2 is 2.24 bits per heavy atom. The predicted octanol–water partition coefficient (Wildman–Crippen LogP) is 1.39. The average molecular weight is 292 g/mol. The standard InChI is InChI=1S/C15H24N4O2/c1-21-7-6-19-5-4-14(18-19)17-15(20)10-11-8-12-2-3-13(9-11)16-12/h4-5,11-13,16H,2-3,6-10H2,1H3,(H,17,18,20). The van der Waals surface area contributed by atoms with Gasteiger partial charge in [-0.1, -0.05) is 0 Å². The molecule has 2 aliphatic rings. The van der Waals surface area contributed by atoms with Gasteiger partial charge in [-0.2, -0.15) is 5.10 Å². The van der Waals surface area contributed by atoms with E-state index >= 15 is 0 Å². The third kappa shape index (κ3) is 3.83. The number of fused-ring (bicyclic) bond motifs is 2. The second-order valence-corrected chi connectivity index (χ2v) is 6.18. The first-order valence-electron chi connectivity index (χ1n) is 7.81. The van der Waals surface area contributed by atoms with Crippen LogP contribution in [0, 0.1) is 5.92 Å². The molecule has 1 amide bonds. The van der Waals surface area contributed by atoms with Gasteiger partial charge in [0.2, 0.25) is 5.91 Å².